The van der Waals surface area contributed by atoms with E-state index in [2.05, 4.69) is 58.5 Å². The third-order valence-electron chi connectivity index (χ3n) is 11.3. The second kappa shape index (κ2) is 12.5. The zero-order valence-corrected chi connectivity index (χ0v) is 26.9. The van der Waals surface area contributed by atoms with Gasteiger partial charge in [0.25, 0.3) is 0 Å². The first-order valence-corrected chi connectivity index (χ1v) is 17.0. The number of thioether (sulfide) groups is 1. The fourth-order valence-electron chi connectivity index (χ4n) is 9.37. The first kappa shape index (κ1) is 31.7. The van der Waals surface area contributed by atoms with Crippen LogP contribution < -0.4 is 0 Å². The first-order chi connectivity index (χ1) is 18.9. The molecule has 0 aromatic carbocycles. The van der Waals surface area contributed by atoms with Crippen LogP contribution in [0.15, 0.2) is 23.3 Å². The van der Waals surface area contributed by atoms with Crippen LogP contribution >= 0.6 is 11.8 Å². The van der Waals surface area contributed by atoms with Gasteiger partial charge in [0.2, 0.25) is 0 Å². The summed E-state index contributed by atoms with van der Waals surface area (Å²) >= 11 is 2.08. The van der Waals surface area contributed by atoms with E-state index in [1.165, 1.54) is 38.7 Å². The Balaban J connectivity index is 1.51. The summed E-state index contributed by atoms with van der Waals surface area (Å²) in [5.41, 5.74) is 2.33. The Hall–Kier alpha value is -1.27. The number of fused-ring (bicyclic) bond motifs is 5. The van der Waals surface area contributed by atoms with Gasteiger partial charge in [-0.1, -0.05) is 70.8 Å². The maximum Gasteiger partial charge on any atom is 0.302 e. The van der Waals surface area contributed by atoms with Crippen LogP contribution in [0.5, 0.6) is 0 Å². The molecule has 40 heavy (non-hydrogen) atoms. The molecule has 0 saturated heterocycles. The molecule has 226 valence electrons. The Morgan fingerprint density at radius 3 is 2.33 bits per heavy atom. The third kappa shape index (κ3) is 6.09. The van der Waals surface area contributed by atoms with Gasteiger partial charge >= 0.3 is 11.9 Å². The molecule has 0 aliphatic heterocycles. The first-order valence-electron chi connectivity index (χ1n) is 16.0. The molecule has 0 amide bonds. The fraction of sp³-hybridized carbons (Fsp3) is 0.824. The van der Waals surface area contributed by atoms with Crippen LogP contribution in [-0.2, 0) is 19.1 Å². The van der Waals surface area contributed by atoms with Crippen molar-refractivity contribution in [1.29, 1.82) is 0 Å². The van der Waals surface area contributed by atoms with Gasteiger partial charge in [0.15, 0.2) is 0 Å². The molecule has 8 atom stereocenters. The molecular formula is C34H54O5S. The van der Waals surface area contributed by atoms with Gasteiger partial charge in [-0.05, 0) is 73.9 Å². The highest BCUT2D eigenvalue weighted by Gasteiger charge is 2.60. The minimum absolute atomic E-state index is 0.244. The Kier molecular flexibility index (Phi) is 9.92. The van der Waals surface area contributed by atoms with Crippen LogP contribution in [0.3, 0.4) is 0 Å². The molecule has 6 heteroatoms. The number of carbonyl (C=O) groups is 2. The lowest BCUT2D eigenvalue weighted by molar-refractivity contribution is -0.165. The van der Waals surface area contributed by atoms with Crippen molar-refractivity contribution >= 4 is 23.7 Å². The van der Waals surface area contributed by atoms with Gasteiger partial charge < -0.3 is 14.6 Å². The molecule has 0 spiro atoms. The minimum Gasteiger partial charge on any atom is -0.462 e. The summed E-state index contributed by atoms with van der Waals surface area (Å²) in [5.74, 6) is 2.06. The highest BCUT2D eigenvalue weighted by Crippen LogP contribution is 2.66. The van der Waals surface area contributed by atoms with Gasteiger partial charge in [0.1, 0.15) is 12.2 Å². The normalized spacial score (nSPS) is 36.0. The molecule has 0 aromatic heterocycles. The molecule has 1 N–H and O–H groups in total. The molecule has 4 aliphatic carbocycles. The van der Waals surface area contributed by atoms with Crippen molar-refractivity contribution in [3.8, 4) is 0 Å². The van der Waals surface area contributed by atoms with Crippen LogP contribution in [0.4, 0.5) is 0 Å². The summed E-state index contributed by atoms with van der Waals surface area (Å²) < 4.78 is 11.6. The smallest absolute Gasteiger partial charge is 0.302 e. The number of aliphatic hydroxyl groups is 1. The Morgan fingerprint density at radius 2 is 1.70 bits per heavy atom. The van der Waals surface area contributed by atoms with Crippen LogP contribution in [0, 0.1) is 28.6 Å². The van der Waals surface area contributed by atoms with Crippen molar-refractivity contribution < 1.29 is 24.2 Å². The summed E-state index contributed by atoms with van der Waals surface area (Å²) in [6.07, 6.45) is 14.9. The number of hydrogen-bond donors (Lipinski definition) is 1. The lowest BCUT2D eigenvalue weighted by atomic mass is 9.49. The predicted molar refractivity (Wildman–Crippen MR) is 163 cm³/mol. The van der Waals surface area contributed by atoms with E-state index in [4.69, 9.17) is 9.47 Å². The number of ether oxygens (including phenoxy) is 2. The van der Waals surface area contributed by atoms with Crippen LogP contribution in [-0.4, -0.2) is 45.9 Å². The molecule has 0 unspecified atom stereocenters. The SMILES string of the molecule is CCCC(O)(CCC)CCS[C@@H](C)[C@H]1CC[C@H]2C3=CC=C4C[C@@H](OC(C)=O)C[C@H](OC(C)=O)[C@]4(C)[C@H]3CC[C@]12C. The summed E-state index contributed by atoms with van der Waals surface area (Å²) in [5, 5.41) is 11.7. The van der Waals surface area contributed by atoms with Gasteiger partial charge in [-0.15, -0.1) is 0 Å². The second-order valence-electron chi connectivity index (χ2n) is 13.8. The van der Waals surface area contributed by atoms with Gasteiger partial charge in [-0.2, -0.15) is 11.8 Å². The van der Waals surface area contributed by atoms with Crippen molar-refractivity contribution in [2.24, 2.45) is 28.6 Å². The zero-order valence-electron chi connectivity index (χ0n) is 26.1. The highest BCUT2D eigenvalue weighted by atomic mass is 32.2. The summed E-state index contributed by atoms with van der Waals surface area (Å²) in [6.45, 7) is 14.6. The van der Waals surface area contributed by atoms with E-state index >= 15 is 0 Å². The quantitative estimate of drug-likeness (QED) is 0.254. The number of allylic oxidation sites excluding steroid dienone is 3. The van der Waals surface area contributed by atoms with E-state index in [1.807, 2.05) is 0 Å². The molecule has 0 aromatic rings. The Labute approximate surface area is 247 Å². The van der Waals surface area contributed by atoms with E-state index in [1.54, 1.807) is 5.57 Å². The number of carbonyl (C=O) groups excluding carboxylic acids is 2. The lowest BCUT2D eigenvalue weighted by Gasteiger charge is -2.57. The molecule has 4 rings (SSSR count). The third-order valence-corrected chi connectivity index (χ3v) is 12.6. The van der Waals surface area contributed by atoms with Crippen molar-refractivity contribution in [1.82, 2.24) is 0 Å². The van der Waals surface area contributed by atoms with Crippen LogP contribution in [0.2, 0.25) is 0 Å². The van der Waals surface area contributed by atoms with Crippen molar-refractivity contribution in [3.05, 3.63) is 23.3 Å². The number of esters is 2. The topological polar surface area (TPSA) is 72.8 Å². The van der Waals surface area contributed by atoms with E-state index in [-0.39, 0.29) is 35.0 Å². The van der Waals surface area contributed by atoms with Gasteiger partial charge in [-0.3, -0.25) is 9.59 Å². The van der Waals surface area contributed by atoms with E-state index in [0.29, 0.717) is 29.4 Å². The molecule has 4 aliphatic rings. The average molecular weight is 575 g/mol. The van der Waals surface area contributed by atoms with Crippen molar-refractivity contribution in [2.75, 3.05) is 5.75 Å². The number of rotatable bonds is 11. The van der Waals surface area contributed by atoms with E-state index in [0.717, 1.165) is 50.7 Å². The molecular weight excluding hydrogens is 520 g/mol. The van der Waals surface area contributed by atoms with Crippen molar-refractivity contribution in [3.63, 3.8) is 0 Å². The zero-order chi connectivity index (χ0) is 29.3. The standard InChI is InChI=1S/C34H54O5S/c1-8-15-34(37,16-9-2)18-19-40-22(3)28-12-13-29-27-11-10-25-20-26(38-23(4)35)21-31(39-24(5)36)33(25,7)30(27)14-17-32(28,29)6/h10-11,22,26,28-31,37H,8-9,12-21H2,1-7H3/t22-,26+,28+,29-,30-,31-,32+,33-/m0/s1. The summed E-state index contributed by atoms with van der Waals surface area (Å²) in [6, 6.07) is 0. The number of hydrogen-bond acceptors (Lipinski definition) is 6. The molecule has 3 saturated carbocycles. The molecule has 0 radical (unpaired) electrons. The molecule has 5 nitrogen and oxygen atoms in total. The predicted octanol–water partition coefficient (Wildman–Crippen LogP) is 7.80. The second-order valence-corrected chi connectivity index (χ2v) is 15.3. The van der Waals surface area contributed by atoms with E-state index in [9.17, 15) is 14.7 Å². The molecule has 0 bridgehead atoms. The van der Waals surface area contributed by atoms with Crippen LogP contribution in [0.1, 0.15) is 119 Å². The summed E-state index contributed by atoms with van der Waals surface area (Å²) in [4.78, 5) is 24.0. The van der Waals surface area contributed by atoms with Gasteiger partial charge in [-0.25, -0.2) is 0 Å². The molecule has 3 fully saturated rings. The van der Waals surface area contributed by atoms with Gasteiger partial charge in [0, 0.05) is 37.4 Å². The Morgan fingerprint density at radius 1 is 1.02 bits per heavy atom. The minimum atomic E-state index is -0.504. The maximum atomic E-state index is 12.2. The van der Waals surface area contributed by atoms with Gasteiger partial charge in [0.05, 0.1) is 5.60 Å². The lowest BCUT2D eigenvalue weighted by Crippen LogP contribution is -2.54. The van der Waals surface area contributed by atoms with E-state index < -0.39 is 5.60 Å². The average Bonchev–Trinajstić information content (AvgIpc) is 3.21. The molecule has 0 heterocycles. The monoisotopic (exact) mass is 574 g/mol. The summed E-state index contributed by atoms with van der Waals surface area (Å²) in [7, 11) is 0. The Bertz CT molecular complexity index is 996. The fourth-order valence-corrected chi connectivity index (χ4v) is 10.9. The highest BCUT2D eigenvalue weighted by molar-refractivity contribution is 7.99. The maximum absolute atomic E-state index is 12.2. The van der Waals surface area contributed by atoms with Crippen molar-refractivity contribution in [2.45, 2.75) is 142 Å². The largest absolute Gasteiger partial charge is 0.462 e. The van der Waals surface area contributed by atoms with Crippen LogP contribution in [0.25, 0.3) is 0 Å².